The largest absolute Gasteiger partial charge is 0.327 e. The first-order valence-electron chi connectivity index (χ1n) is 5.32. The van der Waals surface area contributed by atoms with Gasteiger partial charge in [0.1, 0.15) is 4.21 Å². The first-order chi connectivity index (χ1) is 7.81. The van der Waals surface area contributed by atoms with Crippen LogP contribution >= 0.6 is 27.3 Å². The summed E-state index contributed by atoms with van der Waals surface area (Å²) in [7, 11) is -3.41. The third-order valence-electron chi connectivity index (χ3n) is 2.12. The molecule has 0 aromatic carbocycles. The predicted molar refractivity (Wildman–Crippen MR) is 74.6 cm³/mol. The highest BCUT2D eigenvalue weighted by atomic mass is 79.9. The van der Waals surface area contributed by atoms with Crippen LogP contribution in [0.1, 0.15) is 20.3 Å². The van der Waals surface area contributed by atoms with Gasteiger partial charge >= 0.3 is 0 Å². The van der Waals surface area contributed by atoms with E-state index < -0.39 is 10.0 Å². The van der Waals surface area contributed by atoms with E-state index in [1.807, 2.05) is 0 Å². The first kappa shape index (κ1) is 15.1. The number of nitrogens with two attached hydrogens (primary N) is 1. The second-order valence-electron chi connectivity index (χ2n) is 4.30. The molecule has 1 unspecified atom stereocenters. The highest BCUT2D eigenvalue weighted by Gasteiger charge is 2.17. The van der Waals surface area contributed by atoms with Crippen molar-refractivity contribution in [3.63, 3.8) is 0 Å². The zero-order valence-corrected chi connectivity index (χ0v) is 13.0. The van der Waals surface area contributed by atoms with E-state index in [9.17, 15) is 8.42 Å². The second kappa shape index (κ2) is 6.29. The molecule has 1 atom stereocenters. The Labute approximate surface area is 115 Å². The predicted octanol–water partition coefficient (Wildman–Crippen LogP) is 2.16. The summed E-state index contributed by atoms with van der Waals surface area (Å²) in [6, 6.07) is 3.14. The summed E-state index contributed by atoms with van der Waals surface area (Å²) in [4.78, 5) is 0. The van der Waals surface area contributed by atoms with Gasteiger partial charge in [-0.05, 0) is 40.4 Å². The molecule has 0 radical (unpaired) electrons. The van der Waals surface area contributed by atoms with E-state index in [1.165, 1.54) is 11.3 Å². The zero-order valence-electron chi connectivity index (χ0n) is 9.81. The average molecular weight is 341 g/mol. The zero-order chi connectivity index (χ0) is 13.1. The molecule has 0 bridgehead atoms. The van der Waals surface area contributed by atoms with Crippen LogP contribution in [0.15, 0.2) is 20.1 Å². The molecular formula is C10H17BrN2O2S2. The Bertz CT molecular complexity index is 457. The van der Waals surface area contributed by atoms with Crippen molar-refractivity contribution < 1.29 is 8.42 Å². The van der Waals surface area contributed by atoms with Gasteiger partial charge in [-0.25, -0.2) is 13.1 Å². The maximum atomic E-state index is 11.9. The van der Waals surface area contributed by atoms with Gasteiger partial charge in [0.25, 0.3) is 0 Å². The van der Waals surface area contributed by atoms with Crippen LogP contribution in [0.5, 0.6) is 0 Å². The highest BCUT2D eigenvalue weighted by Crippen LogP contribution is 2.25. The molecule has 0 saturated heterocycles. The molecule has 1 aromatic rings. The fourth-order valence-corrected chi connectivity index (χ4v) is 4.57. The molecule has 0 aliphatic rings. The van der Waals surface area contributed by atoms with Gasteiger partial charge in [-0.15, -0.1) is 11.3 Å². The quantitative estimate of drug-likeness (QED) is 0.833. The minimum absolute atomic E-state index is 0.145. The van der Waals surface area contributed by atoms with Crippen molar-refractivity contribution in [1.82, 2.24) is 4.72 Å². The molecule has 98 valence electrons. The lowest BCUT2D eigenvalue weighted by Crippen LogP contribution is -2.37. The lowest BCUT2D eigenvalue weighted by molar-refractivity contribution is 0.486. The fraction of sp³-hybridized carbons (Fsp3) is 0.600. The van der Waals surface area contributed by atoms with Crippen molar-refractivity contribution in [2.24, 2.45) is 11.7 Å². The summed E-state index contributed by atoms with van der Waals surface area (Å²) in [6.45, 7) is 4.39. The van der Waals surface area contributed by atoms with E-state index in [4.69, 9.17) is 5.73 Å². The Morgan fingerprint density at radius 2 is 2.12 bits per heavy atom. The van der Waals surface area contributed by atoms with Gasteiger partial charge in [0.2, 0.25) is 10.0 Å². The van der Waals surface area contributed by atoms with Gasteiger partial charge in [-0.3, -0.25) is 0 Å². The van der Waals surface area contributed by atoms with Crippen molar-refractivity contribution in [2.75, 3.05) is 6.54 Å². The van der Waals surface area contributed by atoms with Gasteiger partial charge in [-0.1, -0.05) is 13.8 Å². The molecule has 0 fully saturated rings. The highest BCUT2D eigenvalue weighted by molar-refractivity contribution is 9.11. The maximum absolute atomic E-state index is 11.9. The molecule has 1 rings (SSSR count). The van der Waals surface area contributed by atoms with Crippen LogP contribution in [0, 0.1) is 5.92 Å². The number of halogens is 1. The molecular weight excluding hydrogens is 324 g/mol. The van der Waals surface area contributed by atoms with Gasteiger partial charge in [-0.2, -0.15) is 0 Å². The summed E-state index contributed by atoms with van der Waals surface area (Å²) < 4.78 is 27.4. The van der Waals surface area contributed by atoms with E-state index in [0.29, 0.717) is 10.1 Å². The van der Waals surface area contributed by atoms with Crippen LogP contribution in [0.4, 0.5) is 0 Å². The molecule has 4 nitrogen and oxygen atoms in total. The van der Waals surface area contributed by atoms with E-state index >= 15 is 0 Å². The van der Waals surface area contributed by atoms with Crippen molar-refractivity contribution >= 4 is 37.3 Å². The van der Waals surface area contributed by atoms with Crippen LogP contribution in [0.25, 0.3) is 0 Å². The van der Waals surface area contributed by atoms with Crippen LogP contribution in [-0.4, -0.2) is 21.0 Å². The van der Waals surface area contributed by atoms with Crippen molar-refractivity contribution in [3.05, 3.63) is 15.9 Å². The Hall–Kier alpha value is 0.0500. The van der Waals surface area contributed by atoms with Crippen LogP contribution in [-0.2, 0) is 10.0 Å². The van der Waals surface area contributed by atoms with Crippen LogP contribution < -0.4 is 10.5 Å². The van der Waals surface area contributed by atoms with Gasteiger partial charge in [0, 0.05) is 12.6 Å². The third kappa shape index (κ3) is 5.05. The van der Waals surface area contributed by atoms with E-state index in [-0.39, 0.29) is 12.6 Å². The molecule has 0 spiro atoms. The molecule has 1 aromatic heterocycles. The first-order valence-corrected chi connectivity index (χ1v) is 8.41. The Morgan fingerprint density at radius 3 is 2.59 bits per heavy atom. The Balaban J connectivity index is 2.56. The number of hydrogen-bond donors (Lipinski definition) is 2. The van der Waals surface area contributed by atoms with Crippen molar-refractivity contribution in [1.29, 1.82) is 0 Å². The minimum Gasteiger partial charge on any atom is -0.327 e. The third-order valence-corrected chi connectivity index (χ3v) is 5.66. The van der Waals surface area contributed by atoms with E-state index in [0.717, 1.165) is 10.2 Å². The molecule has 3 N–H and O–H groups in total. The minimum atomic E-state index is -3.41. The number of nitrogens with one attached hydrogen (secondary N) is 1. The summed E-state index contributed by atoms with van der Waals surface area (Å²) in [5.41, 5.74) is 5.83. The Kier molecular flexibility index (Phi) is 5.59. The number of rotatable bonds is 6. The second-order valence-corrected chi connectivity index (χ2v) is 8.76. The lowest BCUT2D eigenvalue weighted by atomic mass is 10.1. The molecule has 0 aliphatic heterocycles. The van der Waals surface area contributed by atoms with E-state index in [1.54, 1.807) is 12.1 Å². The summed E-state index contributed by atoms with van der Waals surface area (Å²) >= 11 is 4.42. The molecule has 1 heterocycles. The maximum Gasteiger partial charge on any atom is 0.250 e. The van der Waals surface area contributed by atoms with E-state index in [2.05, 4.69) is 34.5 Å². The molecule has 7 heteroatoms. The number of thiophene rings is 1. The van der Waals surface area contributed by atoms with Crippen molar-refractivity contribution in [2.45, 2.75) is 30.5 Å². The monoisotopic (exact) mass is 340 g/mol. The summed E-state index contributed by atoms with van der Waals surface area (Å²) in [5, 5.41) is 0. The Morgan fingerprint density at radius 1 is 1.47 bits per heavy atom. The van der Waals surface area contributed by atoms with Crippen LogP contribution in [0.2, 0.25) is 0 Å². The molecule has 17 heavy (non-hydrogen) atoms. The molecule has 0 saturated carbocycles. The lowest BCUT2D eigenvalue weighted by Gasteiger charge is -2.14. The topological polar surface area (TPSA) is 72.2 Å². The number of sulfonamides is 1. The number of hydrogen-bond acceptors (Lipinski definition) is 4. The van der Waals surface area contributed by atoms with Crippen LogP contribution in [0.3, 0.4) is 0 Å². The molecule has 0 amide bonds. The smallest absolute Gasteiger partial charge is 0.250 e. The SMILES string of the molecule is CC(C)CC(N)CNS(=O)(=O)c1ccc(Br)s1. The molecule has 0 aliphatic carbocycles. The van der Waals surface area contributed by atoms with Gasteiger partial charge in [0.15, 0.2) is 0 Å². The fourth-order valence-electron chi connectivity index (χ4n) is 1.42. The summed E-state index contributed by atoms with van der Waals surface area (Å²) in [6.07, 6.45) is 0.802. The normalized spacial score (nSPS) is 14.2. The van der Waals surface area contributed by atoms with Gasteiger partial charge in [0.05, 0.1) is 3.79 Å². The summed E-state index contributed by atoms with van der Waals surface area (Å²) in [5.74, 6) is 0.463. The van der Waals surface area contributed by atoms with Gasteiger partial charge < -0.3 is 5.73 Å². The standard InChI is InChI=1S/C10H17BrN2O2S2/c1-7(2)5-8(12)6-13-17(14,15)10-4-3-9(11)16-10/h3-4,7-8,13H,5-6,12H2,1-2H3. The average Bonchev–Trinajstić information content (AvgIpc) is 2.62. The van der Waals surface area contributed by atoms with Crippen molar-refractivity contribution in [3.8, 4) is 0 Å².